The number of morpholine rings is 1. The number of pyridine rings is 1. The normalized spacial score (nSPS) is 16.5. The zero-order valence-corrected chi connectivity index (χ0v) is 13.3. The first-order valence-electron chi connectivity index (χ1n) is 7.15. The molecule has 0 aliphatic carbocycles. The second-order valence-corrected chi connectivity index (χ2v) is 6.68. The Hall–Kier alpha value is -2.04. The highest BCUT2D eigenvalue weighted by molar-refractivity contribution is 7.90. The number of aromatic nitrogens is 1. The summed E-state index contributed by atoms with van der Waals surface area (Å²) in [4.78, 5) is 4.08. The summed E-state index contributed by atoms with van der Waals surface area (Å²) in [6, 6.07) is 5.73. The van der Waals surface area contributed by atoms with Crippen molar-refractivity contribution in [2.45, 2.75) is 6.61 Å². The van der Waals surface area contributed by atoms with Crippen molar-refractivity contribution in [1.82, 2.24) is 9.29 Å². The summed E-state index contributed by atoms with van der Waals surface area (Å²) in [6.07, 6.45) is 1.45. The molecule has 0 radical (unpaired) electrons. The van der Waals surface area contributed by atoms with E-state index in [1.54, 1.807) is 6.07 Å². The zero-order valence-electron chi connectivity index (χ0n) is 12.5. The van der Waals surface area contributed by atoms with Gasteiger partial charge >= 0.3 is 16.8 Å². The van der Waals surface area contributed by atoms with Gasteiger partial charge < -0.3 is 9.47 Å². The minimum Gasteiger partial charge on any atom is -0.434 e. The van der Waals surface area contributed by atoms with Crippen LogP contribution in [0.25, 0.3) is 10.9 Å². The van der Waals surface area contributed by atoms with Crippen LogP contribution in [0.1, 0.15) is 0 Å². The Bertz CT molecular complexity index is 826. The number of ether oxygens (including phenoxy) is 2. The van der Waals surface area contributed by atoms with Crippen molar-refractivity contribution in [3.8, 4) is 5.75 Å². The molecule has 0 unspecified atom stereocenters. The van der Waals surface area contributed by atoms with Gasteiger partial charge in [0.25, 0.3) is 0 Å². The van der Waals surface area contributed by atoms with Gasteiger partial charge in [-0.2, -0.15) is 21.5 Å². The van der Waals surface area contributed by atoms with Crippen molar-refractivity contribution < 1.29 is 26.7 Å². The topological polar surface area (TPSA) is 80.8 Å². The number of fused-ring (bicyclic) bond motifs is 1. The molecule has 0 saturated carbocycles. The zero-order chi connectivity index (χ0) is 17.2. The third-order valence-electron chi connectivity index (χ3n) is 3.49. The maximum atomic E-state index is 12.5. The largest absolute Gasteiger partial charge is 0.434 e. The molecule has 2 heterocycles. The highest BCUT2D eigenvalue weighted by Crippen LogP contribution is 2.31. The Morgan fingerprint density at radius 2 is 2.00 bits per heavy atom. The van der Waals surface area contributed by atoms with E-state index < -0.39 is 16.8 Å². The van der Waals surface area contributed by atoms with Gasteiger partial charge in [0, 0.05) is 24.7 Å². The molecule has 0 atom stereocenters. The van der Waals surface area contributed by atoms with Crippen molar-refractivity contribution in [2.24, 2.45) is 0 Å². The van der Waals surface area contributed by atoms with Crippen LogP contribution in [0.15, 0.2) is 30.5 Å². The van der Waals surface area contributed by atoms with Crippen LogP contribution in [-0.4, -0.2) is 50.6 Å². The molecule has 7 nitrogen and oxygen atoms in total. The summed E-state index contributed by atoms with van der Waals surface area (Å²) in [5.41, 5.74) is 0.422. The average molecular weight is 359 g/mol. The van der Waals surface area contributed by atoms with Crippen LogP contribution in [0.5, 0.6) is 5.75 Å². The molecule has 1 aliphatic heterocycles. The molecule has 1 aromatic heterocycles. The molecule has 10 heteroatoms. The predicted molar refractivity (Wildman–Crippen MR) is 83.3 cm³/mol. The van der Waals surface area contributed by atoms with Gasteiger partial charge in [-0.15, -0.1) is 0 Å². The molecule has 2 aromatic rings. The van der Waals surface area contributed by atoms with Crippen molar-refractivity contribution in [3.05, 3.63) is 30.5 Å². The Labute approximate surface area is 137 Å². The number of nitrogens with one attached hydrogen (secondary N) is 1. The van der Waals surface area contributed by atoms with Crippen LogP contribution in [-0.2, 0) is 14.9 Å². The molecule has 0 bridgehead atoms. The summed E-state index contributed by atoms with van der Waals surface area (Å²) in [7, 11) is -3.79. The molecule has 1 fully saturated rings. The van der Waals surface area contributed by atoms with Crippen molar-refractivity contribution >= 4 is 26.8 Å². The Kier molecular flexibility index (Phi) is 4.78. The number of halogens is 2. The molecule has 24 heavy (non-hydrogen) atoms. The van der Waals surface area contributed by atoms with Crippen LogP contribution < -0.4 is 9.46 Å². The molecule has 1 aromatic carbocycles. The third-order valence-corrected chi connectivity index (χ3v) is 5.02. The van der Waals surface area contributed by atoms with Gasteiger partial charge in [-0.05, 0) is 24.3 Å². The van der Waals surface area contributed by atoms with Crippen LogP contribution in [0.2, 0.25) is 0 Å². The number of nitrogens with zero attached hydrogens (tertiary/aromatic N) is 2. The van der Waals surface area contributed by atoms with Crippen molar-refractivity contribution in [1.29, 1.82) is 0 Å². The smallest absolute Gasteiger partial charge is 0.387 e. The van der Waals surface area contributed by atoms with Crippen LogP contribution in [0.3, 0.4) is 0 Å². The number of hydrogen-bond donors (Lipinski definition) is 1. The second kappa shape index (κ2) is 6.83. The first kappa shape index (κ1) is 16.8. The van der Waals surface area contributed by atoms with E-state index in [-0.39, 0.29) is 30.0 Å². The number of hydrogen-bond acceptors (Lipinski definition) is 5. The molecular formula is C14H15F2N3O4S. The Morgan fingerprint density at radius 1 is 1.25 bits per heavy atom. The molecular weight excluding hydrogens is 344 g/mol. The fourth-order valence-electron chi connectivity index (χ4n) is 2.42. The molecule has 3 rings (SSSR count). The minimum atomic E-state index is -3.79. The summed E-state index contributed by atoms with van der Waals surface area (Å²) in [6.45, 7) is -1.85. The lowest BCUT2D eigenvalue weighted by Crippen LogP contribution is -2.43. The van der Waals surface area contributed by atoms with Crippen molar-refractivity contribution in [2.75, 3.05) is 31.0 Å². The molecule has 1 saturated heterocycles. The molecule has 0 amide bonds. The molecule has 0 spiro atoms. The van der Waals surface area contributed by atoms with Gasteiger partial charge in [0.15, 0.2) is 0 Å². The standard InChI is InChI=1S/C14H15F2N3O4S/c15-14(16)23-12-4-3-11(13-10(12)2-1-5-17-13)18-24(20,21)19-6-8-22-9-7-19/h1-5,14,18H,6-9H2. The lowest BCUT2D eigenvalue weighted by atomic mass is 10.2. The van der Waals surface area contributed by atoms with Gasteiger partial charge in [-0.25, -0.2) is 0 Å². The fraction of sp³-hybridized carbons (Fsp3) is 0.357. The van der Waals surface area contributed by atoms with E-state index in [2.05, 4.69) is 14.4 Å². The Balaban J connectivity index is 1.95. The lowest BCUT2D eigenvalue weighted by Gasteiger charge is -2.26. The van der Waals surface area contributed by atoms with Gasteiger partial charge in [0.2, 0.25) is 0 Å². The first-order chi connectivity index (χ1) is 11.5. The van der Waals surface area contributed by atoms with E-state index in [9.17, 15) is 17.2 Å². The summed E-state index contributed by atoms with van der Waals surface area (Å²) in [5, 5.41) is 0.292. The monoisotopic (exact) mass is 359 g/mol. The summed E-state index contributed by atoms with van der Waals surface area (Å²) >= 11 is 0. The summed E-state index contributed by atoms with van der Waals surface area (Å²) in [5.74, 6) is -0.0672. The van der Waals surface area contributed by atoms with E-state index in [0.717, 1.165) is 0 Å². The lowest BCUT2D eigenvalue weighted by molar-refractivity contribution is -0.0487. The number of benzene rings is 1. The molecule has 1 aliphatic rings. The van der Waals surface area contributed by atoms with Gasteiger partial charge in [0.05, 0.1) is 24.4 Å². The van der Waals surface area contributed by atoms with Gasteiger partial charge in [0.1, 0.15) is 5.75 Å². The van der Waals surface area contributed by atoms with Gasteiger partial charge in [-0.3, -0.25) is 9.71 Å². The molecule has 1 N–H and O–H groups in total. The quantitative estimate of drug-likeness (QED) is 0.881. The second-order valence-electron chi connectivity index (χ2n) is 5.01. The van der Waals surface area contributed by atoms with E-state index in [4.69, 9.17) is 4.74 Å². The predicted octanol–water partition coefficient (Wildman–Crippen LogP) is 1.83. The van der Waals surface area contributed by atoms with Crippen LogP contribution >= 0.6 is 0 Å². The Morgan fingerprint density at radius 3 is 2.71 bits per heavy atom. The van der Waals surface area contributed by atoms with E-state index >= 15 is 0 Å². The van der Waals surface area contributed by atoms with Gasteiger partial charge in [-0.1, -0.05) is 0 Å². The fourth-order valence-corrected chi connectivity index (χ4v) is 3.62. The average Bonchev–Trinajstić information content (AvgIpc) is 2.57. The minimum absolute atomic E-state index is 0.0672. The first-order valence-corrected chi connectivity index (χ1v) is 8.59. The maximum absolute atomic E-state index is 12.5. The summed E-state index contributed by atoms with van der Waals surface area (Å²) < 4.78 is 63.2. The van der Waals surface area contributed by atoms with Crippen LogP contribution in [0, 0.1) is 0 Å². The molecule has 130 valence electrons. The van der Waals surface area contributed by atoms with E-state index in [0.29, 0.717) is 18.6 Å². The SMILES string of the molecule is O=S(=O)(Nc1ccc(OC(F)F)c2cccnc12)N1CCOCC1. The third kappa shape index (κ3) is 3.55. The highest BCUT2D eigenvalue weighted by atomic mass is 32.2. The van der Waals surface area contributed by atoms with Crippen LogP contribution in [0.4, 0.5) is 14.5 Å². The highest BCUT2D eigenvalue weighted by Gasteiger charge is 2.25. The van der Waals surface area contributed by atoms with E-state index in [1.165, 1.54) is 28.7 Å². The number of alkyl halides is 2. The van der Waals surface area contributed by atoms with Crippen molar-refractivity contribution in [3.63, 3.8) is 0 Å². The maximum Gasteiger partial charge on any atom is 0.387 e. The van der Waals surface area contributed by atoms with E-state index in [1.807, 2.05) is 0 Å². The number of rotatable bonds is 5. The number of anilines is 1.